The lowest BCUT2D eigenvalue weighted by atomic mass is 9.94. The molecule has 2 N–H and O–H groups in total. The van der Waals surface area contributed by atoms with E-state index < -0.39 is 21.7 Å². The van der Waals surface area contributed by atoms with Crippen LogP contribution in [0.4, 0.5) is 0 Å². The van der Waals surface area contributed by atoms with Crippen LogP contribution in [0.1, 0.15) is 47.0 Å². The predicted octanol–water partition coefficient (Wildman–Crippen LogP) is 1.44. The summed E-state index contributed by atoms with van der Waals surface area (Å²) in [5.74, 6) is -0.542. The number of carbonyl (C=O) groups is 1. The van der Waals surface area contributed by atoms with Crippen LogP contribution in [0, 0.1) is 11.8 Å². The van der Waals surface area contributed by atoms with E-state index in [1.165, 1.54) is 4.31 Å². The highest BCUT2D eigenvalue weighted by Gasteiger charge is 2.42. The summed E-state index contributed by atoms with van der Waals surface area (Å²) in [6, 6.07) is 0. The molecule has 1 saturated heterocycles. The Morgan fingerprint density at radius 2 is 1.70 bits per heavy atom. The molecule has 1 aliphatic rings. The molecule has 2 atom stereocenters. The summed E-state index contributed by atoms with van der Waals surface area (Å²) in [7, 11) is -3.77. The highest BCUT2D eigenvalue weighted by molar-refractivity contribution is 7.87. The van der Waals surface area contributed by atoms with Gasteiger partial charge >= 0.3 is 5.97 Å². The monoisotopic (exact) mass is 306 g/mol. The maximum absolute atomic E-state index is 12.5. The zero-order chi connectivity index (χ0) is 15.6. The summed E-state index contributed by atoms with van der Waals surface area (Å²) in [4.78, 5) is 11.4. The number of nitrogens with one attached hydrogen (secondary N) is 1. The Hall–Kier alpha value is -0.660. The lowest BCUT2D eigenvalue weighted by Crippen LogP contribution is -2.59. The van der Waals surface area contributed by atoms with Gasteiger partial charge in [-0.25, -0.2) is 0 Å². The quantitative estimate of drug-likeness (QED) is 0.777. The molecule has 0 bridgehead atoms. The molecule has 0 spiro atoms. The lowest BCUT2D eigenvalue weighted by Gasteiger charge is -2.37. The molecule has 6 nitrogen and oxygen atoms in total. The number of piperidine rings is 1. The zero-order valence-corrected chi connectivity index (χ0v) is 13.5. The van der Waals surface area contributed by atoms with Crippen LogP contribution in [0.5, 0.6) is 0 Å². The fraction of sp³-hybridized carbons (Fsp3) is 0.923. The van der Waals surface area contributed by atoms with Gasteiger partial charge in [0.1, 0.15) is 5.54 Å². The smallest absolute Gasteiger partial charge is 0.324 e. The van der Waals surface area contributed by atoms with Crippen LogP contribution in [0.25, 0.3) is 0 Å². The molecule has 0 aliphatic carbocycles. The van der Waals surface area contributed by atoms with Crippen molar-refractivity contribution in [2.24, 2.45) is 11.8 Å². The van der Waals surface area contributed by atoms with Gasteiger partial charge < -0.3 is 5.11 Å². The summed E-state index contributed by atoms with van der Waals surface area (Å²) < 4.78 is 28.7. The number of carboxylic acid groups (broad SMARTS) is 1. The molecule has 2 unspecified atom stereocenters. The molecule has 1 rings (SSSR count). The van der Waals surface area contributed by atoms with E-state index >= 15 is 0 Å². The van der Waals surface area contributed by atoms with Gasteiger partial charge in [-0.2, -0.15) is 17.4 Å². The van der Waals surface area contributed by atoms with Gasteiger partial charge in [-0.1, -0.05) is 27.7 Å². The molecule has 1 fully saturated rings. The predicted molar refractivity (Wildman–Crippen MR) is 77.5 cm³/mol. The summed E-state index contributed by atoms with van der Waals surface area (Å²) >= 11 is 0. The van der Waals surface area contributed by atoms with Crippen molar-refractivity contribution < 1.29 is 18.3 Å². The van der Waals surface area contributed by atoms with Crippen molar-refractivity contribution >= 4 is 16.2 Å². The molecule has 0 radical (unpaired) electrons. The number of nitrogens with zero attached hydrogens (tertiary/aromatic N) is 1. The largest absolute Gasteiger partial charge is 0.480 e. The Morgan fingerprint density at radius 1 is 1.25 bits per heavy atom. The van der Waals surface area contributed by atoms with E-state index in [0.717, 1.165) is 6.42 Å². The minimum atomic E-state index is -3.77. The van der Waals surface area contributed by atoms with Crippen molar-refractivity contribution in [3.8, 4) is 0 Å². The number of aliphatic carboxylic acids is 1. The third-order valence-corrected chi connectivity index (χ3v) is 5.74. The van der Waals surface area contributed by atoms with Crippen molar-refractivity contribution in [2.45, 2.75) is 52.5 Å². The summed E-state index contributed by atoms with van der Waals surface area (Å²) in [6.45, 7) is 8.29. The van der Waals surface area contributed by atoms with Crippen molar-refractivity contribution in [1.29, 1.82) is 0 Å². The zero-order valence-electron chi connectivity index (χ0n) is 12.7. The van der Waals surface area contributed by atoms with Gasteiger partial charge in [0.2, 0.25) is 0 Å². The first-order valence-corrected chi connectivity index (χ1v) is 8.63. The average molecular weight is 306 g/mol. The number of carboxylic acids is 1. The maximum Gasteiger partial charge on any atom is 0.324 e. The third kappa shape index (κ3) is 3.71. The van der Waals surface area contributed by atoms with Crippen LogP contribution in [0.15, 0.2) is 0 Å². The van der Waals surface area contributed by atoms with Gasteiger partial charge in [-0.05, 0) is 31.1 Å². The van der Waals surface area contributed by atoms with E-state index in [1.54, 1.807) is 13.8 Å². The van der Waals surface area contributed by atoms with E-state index in [2.05, 4.69) is 4.72 Å². The van der Waals surface area contributed by atoms with E-state index in [4.69, 9.17) is 0 Å². The second kappa shape index (κ2) is 6.41. The molecule has 1 aliphatic heterocycles. The normalized spacial score (nSPS) is 25.6. The molecule has 118 valence electrons. The first-order chi connectivity index (χ1) is 9.16. The van der Waals surface area contributed by atoms with Crippen LogP contribution >= 0.6 is 0 Å². The van der Waals surface area contributed by atoms with Gasteiger partial charge in [-0.3, -0.25) is 4.79 Å². The van der Waals surface area contributed by atoms with Crippen LogP contribution in [0.3, 0.4) is 0 Å². The van der Waals surface area contributed by atoms with Gasteiger partial charge in [0.25, 0.3) is 10.2 Å². The minimum absolute atomic E-state index is 0.219. The Labute approximate surface area is 121 Å². The molecule has 1 heterocycles. The van der Waals surface area contributed by atoms with Crippen molar-refractivity contribution in [1.82, 2.24) is 9.03 Å². The van der Waals surface area contributed by atoms with Gasteiger partial charge in [-0.15, -0.1) is 0 Å². The Bertz CT molecular complexity index is 435. The molecule has 20 heavy (non-hydrogen) atoms. The molecule has 0 amide bonds. The fourth-order valence-electron chi connectivity index (χ4n) is 2.85. The standard InChI is InChI=1S/C13H26N2O4S/c1-5-13(6-2,12(16)17)14-20(18,19)15-8-10(3)7-11(4)9-15/h10-11,14H,5-9H2,1-4H3,(H,16,17). The Balaban J connectivity index is 2.96. The van der Waals surface area contributed by atoms with Crippen LogP contribution in [-0.4, -0.2) is 42.4 Å². The van der Waals surface area contributed by atoms with Crippen molar-refractivity contribution in [2.75, 3.05) is 13.1 Å². The van der Waals surface area contributed by atoms with E-state index in [0.29, 0.717) is 13.1 Å². The van der Waals surface area contributed by atoms with Gasteiger partial charge in [0, 0.05) is 13.1 Å². The second-order valence-electron chi connectivity index (χ2n) is 5.96. The highest BCUT2D eigenvalue weighted by Crippen LogP contribution is 2.25. The molecular formula is C13H26N2O4S. The molecule has 0 aromatic heterocycles. The summed E-state index contributed by atoms with van der Waals surface area (Å²) in [5, 5.41) is 9.34. The Kier molecular flexibility index (Phi) is 5.57. The average Bonchev–Trinajstić information content (AvgIpc) is 2.34. The SMILES string of the molecule is CCC(CC)(NS(=O)(=O)N1CC(C)CC(C)C1)C(=O)O. The molecule has 7 heteroatoms. The van der Waals surface area contributed by atoms with Crippen LogP contribution in [0.2, 0.25) is 0 Å². The highest BCUT2D eigenvalue weighted by atomic mass is 32.2. The van der Waals surface area contributed by atoms with Crippen molar-refractivity contribution in [3.05, 3.63) is 0 Å². The lowest BCUT2D eigenvalue weighted by molar-refractivity contribution is -0.144. The summed E-state index contributed by atoms with van der Waals surface area (Å²) in [6.07, 6.45) is 1.44. The van der Waals surface area contributed by atoms with Gasteiger partial charge in [0.15, 0.2) is 0 Å². The second-order valence-corrected chi connectivity index (χ2v) is 7.64. The van der Waals surface area contributed by atoms with E-state index in [1.807, 2.05) is 13.8 Å². The van der Waals surface area contributed by atoms with Crippen LogP contribution < -0.4 is 4.72 Å². The third-order valence-electron chi connectivity index (χ3n) is 4.12. The molecule has 0 aromatic rings. The van der Waals surface area contributed by atoms with E-state index in [9.17, 15) is 18.3 Å². The maximum atomic E-state index is 12.5. The van der Waals surface area contributed by atoms with E-state index in [-0.39, 0.29) is 24.7 Å². The first kappa shape index (κ1) is 17.4. The number of rotatable bonds is 6. The van der Waals surface area contributed by atoms with Crippen LogP contribution in [-0.2, 0) is 15.0 Å². The Morgan fingerprint density at radius 3 is 2.05 bits per heavy atom. The molecule has 0 aromatic carbocycles. The first-order valence-electron chi connectivity index (χ1n) is 7.19. The minimum Gasteiger partial charge on any atom is -0.480 e. The molecule has 0 saturated carbocycles. The van der Waals surface area contributed by atoms with Crippen molar-refractivity contribution in [3.63, 3.8) is 0 Å². The topological polar surface area (TPSA) is 86.7 Å². The summed E-state index contributed by atoms with van der Waals surface area (Å²) in [5.41, 5.74) is -1.41. The molecular weight excluding hydrogens is 280 g/mol. The van der Waals surface area contributed by atoms with Gasteiger partial charge in [0.05, 0.1) is 0 Å². The fourth-order valence-corrected chi connectivity index (χ4v) is 4.75. The number of hydrogen-bond donors (Lipinski definition) is 2. The number of hydrogen-bond acceptors (Lipinski definition) is 3.